The molecule has 3 nitrogen and oxygen atoms in total. The number of methoxy groups -OCH3 is 1. The summed E-state index contributed by atoms with van der Waals surface area (Å²) in [5, 5.41) is 3.63. The van der Waals surface area contributed by atoms with Crippen LogP contribution >= 0.6 is 0 Å². The summed E-state index contributed by atoms with van der Waals surface area (Å²) in [5.41, 5.74) is 1.19. The summed E-state index contributed by atoms with van der Waals surface area (Å²) in [6.07, 6.45) is 4.93. The van der Waals surface area contributed by atoms with Gasteiger partial charge in [-0.05, 0) is 50.9 Å². The summed E-state index contributed by atoms with van der Waals surface area (Å²) >= 11 is 0. The maximum absolute atomic E-state index is 5.99. The van der Waals surface area contributed by atoms with Crippen molar-refractivity contribution in [1.82, 2.24) is 5.32 Å². The summed E-state index contributed by atoms with van der Waals surface area (Å²) in [4.78, 5) is 0. The minimum atomic E-state index is -0.0769. The molecule has 0 aromatic heterocycles. The fourth-order valence-electron chi connectivity index (χ4n) is 3.44. The van der Waals surface area contributed by atoms with Gasteiger partial charge >= 0.3 is 0 Å². The minimum Gasteiger partial charge on any atom is -0.491 e. The highest BCUT2D eigenvalue weighted by Crippen LogP contribution is 2.43. The minimum absolute atomic E-state index is 0.0769. The molecule has 1 unspecified atom stereocenters. The van der Waals surface area contributed by atoms with E-state index in [-0.39, 0.29) is 17.7 Å². The van der Waals surface area contributed by atoms with Gasteiger partial charge in [-0.2, -0.15) is 0 Å². The van der Waals surface area contributed by atoms with E-state index in [4.69, 9.17) is 9.47 Å². The molecule has 0 saturated heterocycles. The Morgan fingerprint density at radius 2 is 1.95 bits per heavy atom. The quantitative estimate of drug-likeness (QED) is 0.821. The number of ether oxygens (including phenoxy) is 2. The molecule has 1 aromatic carbocycles. The van der Waals surface area contributed by atoms with Gasteiger partial charge in [0.05, 0.1) is 17.7 Å². The SMILES string of the molecule is CCNC(c1cccc(OC(C)C)c1)C1(OC)CCCC1. The third-order valence-corrected chi connectivity index (χ3v) is 4.35. The molecular weight excluding hydrogens is 262 g/mol. The van der Waals surface area contributed by atoms with Crippen molar-refractivity contribution in [3.05, 3.63) is 29.8 Å². The summed E-state index contributed by atoms with van der Waals surface area (Å²) in [6.45, 7) is 7.20. The monoisotopic (exact) mass is 291 g/mol. The molecule has 1 aliphatic rings. The van der Waals surface area contributed by atoms with Crippen molar-refractivity contribution in [1.29, 1.82) is 0 Å². The Morgan fingerprint density at radius 1 is 1.24 bits per heavy atom. The molecule has 2 rings (SSSR count). The van der Waals surface area contributed by atoms with Gasteiger partial charge in [-0.25, -0.2) is 0 Å². The second-order valence-electron chi connectivity index (χ2n) is 6.21. The number of likely N-dealkylation sites (N-methyl/N-ethyl adjacent to an activating group) is 1. The molecule has 0 heterocycles. The van der Waals surface area contributed by atoms with E-state index in [0.717, 1.165) is 25.1 Å². The molecule has 0 spiro atoms. The Kier molecular flexibility index (Phi) is 5.65. The van der Waals surface area contributed by atoms with Crippen molar-refractivity contribution in [2.75, 3.05) is 13.7 Å². The number of nitrogens with one attached hydrogen (secondary N) is 1. The first kappa shape index (κ1) is 16.3. The van der Waals surface area contributed by atoms with Crippen LogP contribution in [-0.2, 0) is 4.74 Å². The number of benzene rings is 1. The first-order chi connectivity index (χ1) is 10.1. The Balaban J connectivity index is 2.29. The first-order valence-electron chi connectivity index (χ1n) is 8.16. The molecule has 1 fully saturated rings. The zero-order valence-electron chi connectivity index (χ0n) is 13.8. The lowest BCUT2D eigenvalue weighted by Crippen LogP contribution is -2.43. The number of rotatable bonds is 7. The van der Waals surface area contributed by atoms with E-state index < -0.39 is 0 Å². The van der Waals surface area contributed by atoms with Gasteiger partial charge in [-0.15, -0.1) is 0 Å². The van der Waals surface area contributed by atoms with Gasteiger partial charge in [0.15, 0.2) is 0 Å². The van der Waals surface area contributed by atoms with Gasteiger partial charge in [-0.3, -0.25) is 0 Å². The molecule has 21 heavy (non-hydrogen) atoms. The van der Waals surface area contributed by atoms with Gasteiger partial charge in [0.25, 0.3) is 0 Å². The Morgan fingerprint density at radius 3 is 2.52 bits per heavy atom. The van der Waals surface area contributed by atoms with Crippen LogP contribution < -0.4 is 10.1 Å². The molecule has 1 aliphatic carbocycles. The molecule has 1 saturated carbocycles. The van der Waals surface area contributed by atoms with Gasteiger partial charge in [-0.1, -0.05) is 31.9 Å². The first-order valence-corrected chi connectivity index (χ1v) is 8.16. The van der Waals surface area contributed by atoms with Crippen molar-refractivity contribution in [2.45, 2.75) is 64.2 Å². The van der Waals surface area contributed by atoms with Crippen LogP contribution in [-0.4, -0.2) is 25.4 Å². The molecule has 1 aromatic rings. The summed E-state index contributed by atoms with van der Waals surface area (Å²) in [7, 11) is 1.85. The highest BCUT2D eigenvalue weighted by atomic mass is 16.5. The van der Waals surface area contributed by atoms with E-state index in [1.165, 1.54) is 18.4 Å². The maximum atomic E-state index is 5.99. The highest BCUT2D eigenvalue weighted by molar-refractivity contribution is 5.32. The van der Waals surface area contributed by atoms with Crippen LogP contribution in [0.5, 0.6) is 5.75 Å². The average Bonchev–Trinajstić information content (AvgIpc) is 2.94. The summed E-state index contributed by atoms with van der Waals surface area (Å²) < 4.78 is 11.8. The van der Waals surface area contributed by atoms with E-state index in [9.17, 15) is 0 Å². The molecule has 1 atom stereocenters. The predicted octanol–water partition coefficient (Wildman–Crippen LogP) is 4.08. The molecule has 0 radical (unpaired) electrons. The second-order valence-corrected chi connectivity index (χ2v) is 6.21. The van der Waals surface area contributed by atoms with Crippen LogP contribution in [0.2, 0.25) is 0 Å². The van der Waals surface area contributed by atoms with Gasteiger partial charge in [0.1, 0.15) is 5.75 Å². The number of hydrogen-bond acceptors (Lipinski definition) is 3. The van der Waals surface area contributed by atoms with Crippen LogP contribution in [0.4, 0.5) is 0 Å². The largest absolute Gasteiger partial charge is 0.491 e. The predicted molar refractivity (Wildman–Crippen MR) is 86.8 cm³/mol. The average molecular weight is 291 g/mol. The third kappa shape index (κ3) is 3.78. The lowest BCUT2D eigenvalue weighted by atomic mass is 9.86. The standard InChI is InChI=1S/C18H29NO2/c1-5-19-17(18(20-4)11-6-7-12-18)15-9-8-10-16(13-15)21-14(2)3/h8-10,13-14,17,19H,5-7,11-12H2,1-4H3. The van der Waals surface area contributed by atoms with Crippen molar-refractivity contribution >= 4 is 0 Å². The van der Waals surface area contributed by atoms with E-state index in [1.54, 1.807) is 0 Å². The Labute approximate surface area is 129 Å². The van der Waals surface area contributed by atoms with Crippen LogP contribution in [0.1, 0.15) is 58.1 Å². The highest BCUT2D eigenvalue weighted by Gasteiger charge is 2.42. The van der Waals surface area contributed by atoms with Crippen molar-refractivity contribution in [3.63, 3.8) is 0 Å². The summed E-state index contributed by atoms with van der Waals surface area (Å²) in [6, 6.07) is 8.67. The topological polar surface area (TPSA) is 30.5 Å². The fourth-order valence-corrected chi connectivity index (χ4v) is 3.44. The molecule has 3 heteroatoms. The van der Waals surface area contributed by atoms with Crippen molar-refractivity contribution < 1.29 is 9.47 Å². The van der Waals surface area contributed by atoms with Crippen LogP contribution in [0, 0.1) is 0 Å². The molecule has 0 amide bonds. The second kappa shape index (κ2) is 7.28. The zero-order valence-corrected chi connectivity index (χ0v) is 13.8. The fraction of sp³-hybridized carbons (Fsp3) is 0.667. The molecule has 118 valence electrons. The lowest BCUT2D eigenvalue weighted by molar-refractivity contribution is -0.0364. The molecule has 0 aliphatic heterocycles. The lowest BCUT2D eigenvalue weighted by Gasteiger charge is -2.37. The van der Waals surface area contributed by atoms with Crippen LogP contribution in [0.3, 0.4) is 0 Å². The zero-order chi connectivity index (χ0) is 15.3. The summed E-state index contributed by atoms with van der Waals surface area (Å²) in [5.74, 6) is 0.939. The molecule has 0 bridgehead atoms. The van der Waals surface area contributed by atoms with Crippen molar-refractivity contribution in [3.8, 4) is 5.75 Å². The molecule has 1 N–H and O–H groups in total. The third-order valence-electron chi connectivity index (χ3n) is 4.35. The van der Waals surface area contributed by atoms with Gasteiger partial charge < -0.3 is 14.8 Å². The van der Waals surface area contributed by atoms with Gasteiger partial charge in [0, 0.05) is 7.11 Å². The van der Waals surface area contributed by atoms with E-state index in [0.29, 0.717) is 0 Å². The van der Waals surface area contributed by atoms with Crippen molar-refractivity contribution in [2.24, 2.45) is 0 Å². The Hall–Kier alpha value is -1.06. The Bertz CT molecular complexity index is 439. The van der Waals surface area contributed by atoms with E-state index in [1.807, 2.05) is 13.2 Å². The van der Waals surface area contributed by atoms with Crippen LogP contribution in [0.15, 0.2) is 24.3 Å². The number of hydrogen-bond donors (Lipinski definition) is 1. The molecular formula is C18H29NO2. The van der Waals surface area contributed by atoms with Gasteiger partial charge in [0.2, 0.25) is 0 Å². The van der Waals surface area contributed by atoms with E-state index in [2.05, 4.69) is 44.3 Å². The maximum Gasteiger partial charge on any atom is 0.120 e. The smallest absolute Gasteiger partial charge is 0.120 e. The van der Waals surface area contributed by atoms with E-state index >= 15 is 0 Å². The van der Waals surface area contributed by atoms with Crippen LogP contribution in [0.25, 0.3) is 0 Å². The normalized spacial score (nSPS) is 18.9.